The number of nitrogens with one attached hydrogen (secondary N) is 1. The third kappa shape index (κ3) is 3.70. The van der Waals surface area contributed by atoms with Crippen molar-refractivity contribution in [2.75, 3.05) is 25.0 Å². The molecule has 2 rings (SSSR count). The van der Waals surface area contributed by atoms with Gasteiger partial charge in [-0.25, -0.2) is 4.98 Å². The van der Waals surface area contributed by atoms with E-state index in [4.69, 9.17) is 0 Å². The lowest BCUT2D eigenvalue weighted by Crippen LogP contribution is -2.40. The fourth-order valence-electron chi connectivity index (χ4n) is 2.16. The summed E-state index contributed by atoms with van der Waals surface area (Å²) in [5.41, 5.74) is 0.149. The number of benzene rings is 1. The van der Waals surface area contributed by atoms with Crippen molar-refractivity contribution in [3.8, 4) is 0 Å². The molecule has 0 aliphatic carbocycles. The number of rotatable bonds is 4. The van der Waals surface area contributed by atoms with Gasteiger partial charge in [0, 0.05) is 47.1 Å². The van der Waals surface area contributed by atoms with Crippen LogP contribution >= 0.6 is 15.9 Å². The molecule has 1 N–H and O–H groups in total. The number of hydrogen-bond donors (Lipinski definition) is 1. The molecule has 0 amide bonds. The molecule has 0 saturated carbocycles. The average Bonchev–Trinajstić information content (AvgIpc) is 2.37. The molecule has 0 fully saturated rings. The number of halogens is 1. The van der Waals surface area contributed by atoms with E-state index in [1.54, 1.807) is 0 Å². The van der Waals surface area contributed by atoms with Crippen molar-refractivity contribution >= 4 is 32.5 Å². The van der Waals surface area contributed by atoms with Gasteiger partial charge in [0.25, 0.3) is 0 Å². The first-order valence-electron chi connectivity index (χ1n) is 6.88. The van der Waals surface area contributed by atoms with Crippen LogP contribution in [0.2, 0.25) is 0 Å². The van der Waals surface area contributed by atoms with Gasteiger partial charge in [0.2, 0.25) is 0 Å². The molecule has 20 heavy (non-hydrogen) atoms. The Hall–Kier alpha value is -1.13. The number of likely N-dealkylation sites (N-methyl/N-ethyl adjacent to an activating group) is 1. The monoisotopic (exact) mass is 335 g/mol. The van der Waals surface area contributed by atoms with E-state index in [-0.39, 0.29) is 5.54 Å². The quantitative estimate of drug-likeness (QED) is 0.920. The van der Waals surface area contributed by atoms with Crippen LogP contribution in [0.5, 0.6) is 0 Å². The minimum atomic E-state index is 0.149. The van der Waals surface area contributed by atoms with Crippen molar-refractivity contribution in [2.45, 2.75) is 26.3 Å². The number of fused-ring (bicyclic) bond motifs is 1. The molecule has 4 heteroatoms. The number of nitrogens with zero attached hydrogens (tertiary/aromatic N) is 2. The van der Waals surface area contributed by atoms with Crippen LogP contribution in [0.3, 0.4) is 0 Å². The van der Waals surface area contributed by atoms with Crippen LogP contribution in [0.4, 0.5) is 5.82 Å². The molecule has 1 heterocycles. The van der Waals surface area contributed by atoms with Gasteiger partial charge in [0.05, 0.1) is 0 Å². The molecule has 0 atom stereocenters. The van der Waals surface area contributed by atoms with E-state index in [1.807, 2.05) is 12.3 Å². The van der Waals surface area contributed by atoms with Gasteiger partial charge in [-0.3, -0.25) is 0 Å². The number of pyridine rings is 1. The first-order chi connectivity index (χ1) is 9.38. The van der Waals surface area contributed by atoms with E-state index in [0.717, 1.165) is 23.4 Å². The minimum Gasteiger partial charge on any atom is -0.358 e. The number of aromatic nitrogens is 1. The second-order valence-electron chi connectivity index (χ2n) is 6.07. The lowest BCUT2D eigenvalue weighted by molar-refractivity contribution is 0.430. The highest BCUT2D eigenvalue weighted by atomic mass is 79.9. The maximum absolute atomic E-state index is 4.54. The van der Waals surface area contributed by atoms with Gasteiger partial charge < -0.3 is 10.2 Å². The Labute approximate surface area is 129 Å². The van der Waals surface area contributed by atoms with Crippen molar-refractivity contribution in [1.29, 1.82) is 0 Å². The molecule has 108 valence electrons. The zero-order valence-electron chi connectivity index (χ0n) is 12.6. The molecule has 0 saturated heterocycles. The van der Waals surface area contributed by atoms with Gasteiger partial charge in [-0.15, -0.1) is 0 Å². The topological polar surface area (TPSA) is 28.2 Å². The molecule has 1 aromatic heterocycles. The van der Waals surface area contributed by atoms with Crippen LogP contribution in [-0.4, -0.2) is 30.7 Å². The van der Waals surface area contributed by atoms with Gasteiger partial charge in [-0.1, -0.05) is 28.1 Å². The fraction of sp³-hybridized carbons (Fsp3) is 0.438. The van der Waals surface area contributed by atoms with Crippen LogP contribution in [0.25, 0.3) is 10.8 Å². The molecule has 2 aromatic rings. The Kier molecular flexibility index (Phi) is 4.66. The summed E-state index contributed by atoms with van der Waals surface area (Å²) in [5, 5.41) is 5.89. The van der Waals surface area contributed by atoms with E-state index >= 15 is 0 Å². The van der Waals surface area contributed by atoms with Crippen LogP contribution < -0.4 is 10.2 Å². The third-order valence-corrected chi connectivity index (χ3v) is 3.89. The predicted octanol–water partition coefficient (Wildman–Crippen LogP) is 3.82. The number of anilines is 1. The average molecular weight is 336 g/mol. The highest BCUT2D eigenvalue weighted by Crippen LogP contribution is 2.28. The first kappa shape index (κ1) is 15.3. The Morgan fingerprint density at radius 3 is 2.65 bits per heavy atom. The molecule has 3 nitrogen and oxygen atoms in total. The maximum Gasteiger partial charge on any atom is 0.136 e. The van der Waals surface area contributed by atoms with Crippen molar-refractivity contribution in [3.63, 3.8) is 0 Å². The van der Waals surface area contributed by atoms with Crippen molar-refractivity contribution < 1.29 is 0 Å². The molecule has 0 spiro atoms. The van der Waals surface area contributed by atoms with Gasteiger partial charge in [-0.2, -0.15) is 0 Å². The van der Waals surface area contributed by atoms with Crippen LogP contribution in [0.1, 0.15) is 20.8 Å². The minimum absolute atomic E-state index is 0.149. The summed E-state index contributed by atoms with van der Waals surface area (Å²) in [6, 6.07) is 8.28. The second-order valence-corrected chi connectivity index (χ2v) is 6.92. The second kappa shape index (κ2) is 6.10. The van der Waals surface area contributed by atoms with Gasteiger partial charge in [0.15, 0.2) is 0 Å². The van der Waals surface area contributed by atoms with Crippen LogP contribution in [0.15, 0.2) is 34.9 Å². The van der Waals surface area contributed by atoms with Crippen molar-refractivity contribution in [1.82, 2.24) is 10.3 Å². The largest absolute Gasteiger partial charge is 0.358 e. The lowest BCUT2D eigenvalue weighted by Gasteiger charge is -2.25. The maximum atomic E-state index is 4.54. The van der Waals surface area contributed by atoms with Gasteiger partial charge in [0.1, 0.15) is 5.82 Å². The molecule has 0 unspecified atom stereocenters. The summed E-state index contributed by atoms with van der Waals surface area (Å²) in [5.74, 6) is 1.03. The Balaban J connectivity index is 2.18. The van der Waals surface area contributed by atoms with Gasteiger partial charge >= 0.3 is 0 Å². The van der Waals surface area contributed by atoms with Crippen LogP contribution in [-0.2, 0) is 0 Å². The zero-order chi connectivity index (χ0) is 14.8. The normalized spacial score (nSPS) is 11.8. The Morgan fingerprint density at radius 1 is 1.20 bits per heavy atom. The molecule has 1 aromatic carbocycles. The van der Waals surface area contributed by atoms with E-state index in [1.165, 1.54) is 10.8 Å². The van der Waals surface area contributed by atoms with E-state index < -0.39 is 0 Å². The summed E-state index contributed by atoms with van der Waals surface area (Å²) in [6.07, 6.45) is 1.87. The summed E-state index contributed by atoms with van der Waals surface area (Å²) in [7, 11) is 2.09. The summed E-state index contributed by atoms with van der Waals surface area (Å²) in [4.78, 5) is 6.74. The molecular formula is C16H22BrN3. The van der Waals surface area contributed by atoms with E-state index in [2.05, 4.69) is 77.1 Å². The van der Waals surface area contributed by atoms with Gasteiger partial charge in [-0.05, 0) is 32.9 Å². The highest BCUT2D eigenvalue weighted by molar-refractivity contribution is 9.10. The molecule has 0 aliphatic heterocycles. The standard InChI is InChI=1S/C16H22BrN3/c1-16(2,3)19-10-11-20(4)15-13-6-5-7-14(17)12(13)8-9-18-15/h5-9,19H,10-11H2,1-4H3. The predicted molar refractivity (Wildman–Crippen MR) is 90.5 cm³/mol. The molecule has 0 radical (unpaired) electrons. The van der Waals surface area contributed by atoms with Crippen molar-refractivity contribution in [3.05, 3.63) is 34.9 Å². The zero-order valence-corrected chi connectivity index (χ0v) is 14.2. The highest BCUT2D eigenvalue weighted by Gasteiger charge is 2.11. The summed E-state index contributed by atoms with van der Waals surface area (Å²) in [6.45, 7) is 8.41. The summed E-state index contributed by atoms with van der Waals surface area (Å²) >= 11 is 3.60. The number of hydrogen-bond acceptors (Lipinski definition) is 3. The first-order valence-corrected chi connectivity index (χ1v) is 7.67. The lowest BCUT2D eigenvalue weighted by atomic mass is 10.1. The Morgan fingerprint density at radius 2 is 1.95 bits per heavy atom. The van der Waals surface area contributed by atoms with Crippen molar-refractivity contribution in [2.24, 2.45) is 0 Å². The molecule has 0 aliphatic rings. The van der Waals surface area contributed by atoms with Crippen LogP contribution in [0, 0.1) is 0 Å². The summed E-state index contributed by atoms with van der Waals surface area (Å²) < 4.78 is 1.11. The molecular weight excluding hydrogens is 314 g/mol. The smallest absolute Gasteiger partial charge is 0.136 e. The molecule has 0 bridgehead atoms. The SMILES string of the molecule is CN(CCNC(C)(C)C)c1nccc2c(Br)cccc12. The third-order valence-electron chi connectivity index (χ3n) is 3.20. The van der Waals surface area contributed by atoms with E-state index in [9.17, 15) is 0 Å². The Bertz CT molecular complexity index is 590. The fourth-order valence-corrected chi connectivity index (χ4v) is 2.66. The van der Waals surface area contributed by atoms with E-state index in [0.29, 0.717) is 0 Å².